The van der Waals surface area contributed by atoms with Crippen molar-refractivity contribution in [3.63, 3.8) is 0 Å². The third-order valence-electron chi connectivity index (χ3n) is 3.53. The Morgan fingerprint density at radius 3 is 2.52 bits per heavy atom. The van der Waals surface area contributed by atoms with Gasteiger partial charge in [0.15, 0.2) is 0 Å². The number of methoxy groups -OCH3 is 1. The molecule has 140 valence electrons. The van der Waals surface area contributed by atoms with Gasteiger partial charge in [-0.3, -0.25) is 0 Å². The minimum atomic E-state index is -4.55. The Bertz CT molecular complexity index is 950. The van der Waals surface area contributed by atoms with Gasteiger partial charge in [0.1, 0.15) is 11.6 Å². The maximum Gasteiger partial charge on any atom is 0.417 e. The van der Waals surface area contributed by atoms with Gasteiger partial charge in [-0.15, -0.1) is 0 Å². The molecule has 0 aliphatic carbocycles. The first-order chi connectivity index (χ1) is 12.8. The lowest BCUT2D eigenvalue weighted by Crippen LogP contribution is -2.07. The van der Waals surface area contributed by atoms with Gasteiger partial charge in [-0.05, 0) is 36.4 Å². The van der Waals surface area contributed by atoms with Crippen molar-refractivity contribution in [3.8, 4) is 5.75 Å². The van der Waals surface area contributed by atoms with Crippen molar-refractivity contribution in [2.24, 2.45) is 0 Å². The molecule has 1 aromatic heterocycles. The first-order valence-corrected chi connectivity index (χ1v) is 8.11. The first kappa shape index (κ1) is 18.8. The molecular weight excluding hydrogens is 381 g/mol. The molecule has 1 heterocycles. The summed E-state index contributed by atoms with van der Waals surface area (Å²) >= 11 is 5.62. The zero-order valence-corrected chi connectivity index (χ0v) is 14.8. The van der Waals surface area contributed by atoms with E-state index in [1.165, 1.54) is 18.3 Å². The number of aromatic nitrogens is 2. The number of anilines is 4. The fourth-order valence-corrected chi connectivity index (χ4v) is 2.51. The Morgan fingerprint density at radius 1 is 1.00 bits per heavy atom. The minimum absolute atomic E-state index is 0.137. The average molecular weight is 395 g/mol. The van der Waals surface area contributed by atoms with E-state index < -0.39 is 11.7 Å². The third kappa shape index (κ3) is 4.79. The van der Waals surface area contributed by atoms with E-state index in [9.17, 15) is 13.2 Å². The van der Waals surface area contributed by atoms with E-state index in [2.05, 4.69) is 20.6 Å². The van der Waals surface area contributed by atoms with Crippen LogP contribution in [-0.4, -0.2) is 17.1 Å². The number of nitrogens with zero attached hydrogens (tertiary/aromatic N) is 2. The highest BCUT2D eigenvalue weighted by atomic mass is 35.5. The van der Waals surface area contributed by atoms with Crippen molar-refractivity contribution in [1.82, 2.24) is 9.97 Å². The maximum atomic E-state index is 13.0. The van der Waals surface area contributed by atoms with Crippen molar-refractivity contribution in [3.05, 3.63) is 65.3 Å². The molecule has 0 aliphatic heterocycles. The minimum Gasteiger partial charge on any atom is -0.497 e. The van der Waals surface area contributed by atoms with Crippen LogP contribution in [-0.2, 0) is 6.18 Å². The van der Waals surface area contributed by atoms with Gasteiger partial charge in [0.25, 0.3) is 0 Å². The summed E-state index contributed by atoms with van der Waals surface area (Å²) in [7, 11) is 1.56. The van der Waals surface area contributed by atoms with Crippen molar-refractivity contribution in [2.45, 2.75) is 6.18 Å². The van der Waals surface area contributed by atoms with Crippen LogP contribution in [0.25, 0.3) is 0 Å². The van der Waals surface area contributed by atoms with Crippen LogP contribution in [0.5, 0.6) is 5.75 Å². The molecule has 9 heteroatoms. The van der Waals surface area contributed by atoms with Gasteiger partial charge in [0.05, 0.1) is 17.7 Å². The molecule has 2 aromatic carbocycles. The summed E-state index contributed by atoms with van der Waals surface area (Å²) < 4.78 is 44.1. The predicted octanol–water partition coefficient (Wildman–Crippen LogP) is 5.64. The summed E-state index contributed by atoms with van der Waals surface area (Å²) in [5.74, 6) is 1.28. The predicted molar refractivity (Wildman–Crippen MR) is 98.0 cm³/mol. The number of ether oxygens (including phenoxy) is 1. The van der Waals surface area contributed by atoms with Gasteiger partial charge in [0, 0.05) is 23.6 Å². The van der Waals surface area contributed by atoms with Crippen molar-refractivity contribution < 1.29 is 17.9 Å². The molecule has 0 atom stereocenters. The van der Waals surface area contributed by atoms with Crippen LogP contribution in [0.4, 0.5) is 36.3 Å². The number of benzene rings is 2. The monoisotopic (exact) mass is 394 g/mol. The van der Waals surface area contributed by atoms with Crippen LogP contribution < -0.4 is 15.4 Å². The smallest absolute Gasteiger partial charge is 0.417 e. The van der Waals surface area contributed by atoms with Gasteiger partial charge in [-0.2, -0.15) is 18.2 Å². The molecule has 0 fully saturated rings. The molecule has 5 nitrogen and oxygen atoms in total. The number of alkyl halides is 3. The van der Waals surface area contributed by atoms with Crippen LogP contribution in [0.1, 0.15) is 5.56 Å². The molecular formula is C18H14ClF3N4O. The number of hydrogen-bond donors (Lipinski definition) is 2. The fourth-order valence-electron chi connectivity index (χ4n) is 2.29. The second kappa shape index (κ2) is 7.71. The van der Waals surface area contributed by atoms with E-state index >= 15 is 0 Å². The number of nitrogens with one attached hydrogen (secondary N) is 2. The van der Waals surface area contributed by atoms with E-state index in [1.807, 2.05) is 12.1 Å². The largest absolute Gasteiger partial charge is 0.497 e. The van der Waals surface area contributed by atoms with Gasteiger partial charge in [0.2, 0.25) is 5.95 Å². The zero-order chi connectivity index (χ0) is 19.4. The third-order valence-corrected chi connectivity index (χ3v) is 3.86. The quantitative estimate of drug-likeness (QED) is 0.586. The Kier molecular flexibility index (Phi) is 5.36. The summed E-state index contributed by atoms with van der Waals surface area (Å²) in [4.78, 5) is 8.27. The van der Waals surface area contributed by atoms with E-state index in [-0.39, 0.29) is 16.7 Å². The van der Waals surface area contributed by atoms with Gasteiger partial charge in [-0.25, -0.2) is 4.98 Å². The first-order valence-electron chi connectivity index (χ1n) is 7.73. The summed E-state index contributed by atoms with van der Waals surface area (Å²) in [6.07, 6.45) is -3.07. The van der Waals surface area contributed by atoms with Crippen LogP contribution in [0, 0.1) is 0 Å². The summed E-state index contributed by atoms with van der Waals surface area (Å²) in [6, 6.07) is 12.4. The highest BCUT2D eigenvalue weighted by molar-refractivity contribution is 6.31. The van der Waals surface area contributed by atoms with Crippen LogP contribution in [0.3, 0.4) is 0 Å². The van der Waals surface area contributed by atoms with Gasteiger partial charge < -0.3 is 15.4 Å². The molecule has 3 rings (SSSR count). The molecule has 0 aliphatic rings. The Balaban J connectivity index is 1.80. The molecule has 0 saturated heterocycles. The molecule has 0 amide bonds. The molecule has 0 bridgehead atoms. The lowest BCUT2D eigenvalue weighted by molar-refractivity contribution is -0.137. The molecule has 0 unspecified atom stereocenters. The van der Waals surface area contributed by atoms with Crippen molar-refractivity contribution in [2.75, 3.05) is 17.7 Å². The second-order valence-electron chi connectivity index (χ2n) is 5.44. The summed E-state index contributed by atoms with van der Waals surface area (Å²) in [5.41, 5.74) is -0.0186. The van der Waals surface area contributed by atoms with Crippen LogP contribution >= 0.6 is 11.6 Å². The second-order valence-corrected chi connectivity index (χ2v) is 5.85. The van der Waals surface area contributed by atoms with E-state index in [1.54, 1.807) is 25.3 Å². The van der Waals surface area contributed by atoms with E-state index in [4.69, 9.17) is 16.3 Å². The highest BCUT2D eigenvalue weighted by Crippen LogP contribution is 2.36. The van der Waals surface area contributed by atoms with E-state index in [0.29, 0.717) is 11.6 Å². The molecule has 3 aromatic rings. The Labute approximate surface area is 158 Å². The topological polar surface area (TPSA) is 59.1 Å². The molecule has 27 heavy (non-hydrogen) atoms. The van der Waals surface area contributed by atoms with E-state index in [0.717, 1.165) is 11.8 Å². The normalized spacial score (nSPS) is 11.1. The lowest BCUT2D eigenvalue weighted by atomic mass is 10.2. The standard InChI is InChI=1S/C18H14ClF3N4O/c1-27-13-4-2-3-11(9-13)24-16-7-8-23-17(26-16)25-12-5-6-15(19)14(10-12)18(20,21)22/h2-10H,1H3,(H2,23,24,25,26). The number of halogens is 4. The molecule has 2 N–H and O–H groups in total. The summed E-state index contributed by atoms with van der Waals surface area (Å²) in [6.45, 7) is 0. The van der Waals surface area contributed by atoms with Gasteiger partial charge in [-0.1, -0.05) is 17.7 Å². The number of rotatable bonds is 5. The van der Waals surface area contributed by atoms with Crippen LogP contribution in [0.15, 0.2) is 54.7 Å². The molecule has 0 saturated carbocycles. The van der Waals surface area contributed by atoms with Crippen molar-refractivity contribution in [1.29, 1.82) is 0 Å². The summed E-state index contributed by atoms with van der Waals surface area (Å²) in [5, 5.41) is 5.45. The fraction of sp³-hybridized carbons (Fsp3) is 0.111. The van der Waals surface area contributed by atoms with Gasteiger partial charge >= 0.3 is 6.18 Å². The Hall–Kier alpha value is -3.00. The van der Waals surface area contributed by atoms with Crippen molar-refractivity contribution >= 4 is 34.7 Å². The SMILES string of the molecule is COc1cccc(Nc2ccnc(Nc3ccc(Cl)c(C(F)(F)F)c3)n2)c1. The maximum absolute atomic E-state index is 13.0. The average Bonchev–Trinajstić information content (AvgIpc) is 2.63. The number of hydrogen-bond acceptors (Lipinski definition) is 5. The highest BCUT2D eigenvalue weighted by Gasteiger charge is 2.33. The Morgan fingerprint density at radius 2 is 1.78 bits per heavy atom. The van der Waals surface area contributed by atoms with Crippen LogP contribution in [0.2, 0.25) is 5.02 Å². The molecule has 0 radical (unpaired) electrons. The molecule has 0 spiro atoms. The lowest BCUT2D eigenvalue weighted by Gasteiger charge is -2.12. The zero-order valence-electron chi connectivity index (χ0n) is 14.0.